The maximum absolute atomic E-state index is 6.13. The van der Waals surface area contributed by atoms with Crippen molar-refractivity contribution in [3.63, 3.8) is 0 Å². The van der Waals surface area contributed by atoms with E-state index < -0.39 is 0 Å². The Hall–Kier alpha value is -1.85. The van der Waals surface area contributed by atoms with Gasteiger partial charge in [0.1, 0.15) is 5.75 Å². The Balaban J connectivity index is 1.41. The molecule has 152 valence electrons. The summed E-state index contributed by atoms with van der Waals surface area (Å²) < 4.78 is 23.6. The molecule has 0 bridgehead atoms. The molecule has 4 rings (SSSR count). The minimum Gasteiger partial charge on any atom is -0.490 e. The van der Waals surface area contributed by atoms with Gasteiger partial charge in [-0.3, -0.25) is 0 Å². The molecule has 1 saturated heterocycles. The zero-order chi connectivity index (χ0) is 19.2. The van der Waals surface area contributed by atoms with E-state index in [4.69, 9.17) is 18.7 Å². The highest BCUT2D eigenvalue weighted by Crippen LogP contribution is 2.30. The fourth-order valence-electron chi connectivity index (χ4n) is 4.04. The van der Waals surface area contributed by atoms with Gasteiger partial charge in [-0.15, -0.1) is 0 Å². The van der Waals surface area contributed by atoms with Crippen molar-refractivity contribution >= 4 is 0 Å². The molecule has 28 heavy (non-hydrogen) atoms. The van der Waals surface area contributed by atoms with Gasteiger partial charge in [0.15, 0.2) is 12.1 Å². The molecule has 1 saturated carbocycles. The van der Waals surface area contributed by atoms with E-state index in [0.717, 1.165) is 67.0 Å². The molecule has 0 radical (unpaired) electrons. The van der Waals surface area contributed by atoms with Crippen LogP contribution in [-0.2, 0) is 16.1 Å². The van der Waals surface area contributed by atoms with Crippen molar-refractivity contribution in [2.24, 2.45) is 0 Å². The smallest absolute Gasteiger partial charge is 0.172 e. The van der Waals surface area contributed by atoms with Crippen LogP contribution in [-0.4, -0.2) is 24.2 Å². The molecule has 2 aromatic rings. The number of hydrogen-bond donors (Lipinski definition) is 0. The molecule has 1 atom stereocenters. The van der Waals surface area contributed by atoms with Crippen molar-refractivity contribution < 1.29 is 18.7 Å². The van der Waals surface area contributed by atoms with Crippen LogP contribution in [0.5, 0.6) is 5.75 Å². The second-order valence-electron chi connectivity index (χ2n) is 7.94. The van der Waals surface area contributed by atoms with Gasteiger partial charge in [0.2, 0.25) is 0 Å². The van der Waals surface area contributed by atoms with Gasteiger partial charge in [-0.1, -0.05) is 18.0 Å². The van der Waals surface area contributed by atoms with E-state index in [9.17, 15) is 0 Å². The summed E-state index contributed by atoms with van der Waals surface area (Å²) in [5.41, 5.74) is 2.86. The van der Waals surface area contributed by atoms with E-state index in [1.165, 1.54) is 25.7 Å². The summed E-state index contributed by atoms with van der Waals surface area (Å²) in [6.07, 6.45) is 10.9. The molecule has 1 aromatic heterocycles. The number of rotatable bonds is 6. The summed E-state index contributed by atoms with van der Waals surface area (Å²) in [5, 5.41) is 4.16. The van der Waals surface area contributed by atoms with Crippen LogP contribution in [0.3, 0.4) is 0 Å². The molecular formula is C23H31NO4. The predicted octanol–water partition coefficient (Wildman–Crippen LogP) is 5.79. The van der Waals surface area contributed by atoms with Crippen LogP contribution in [0.2, 0.25) is 0 Å². The normalized spacial score (nSPS) is 21.4. The Kier molecular flexibility index (Phi) is 6.65. The third-order valence-corrected chi connectivity index (χ3v) is 5.76. The van der Waals surface area contributed by atoms with Crippen LogP contribution < -0.4 is 4.74 Å². The fourth-order valence-corrected chi connectivity index (χ4v) is 4.04. The van der Waals surface area contributed by atoms with Gasteiger partial charge in [-0.25, -0.2) is 0 Å². The van der Waals surface area contributed by atoms with Crippen molar-refractivity contribution in [1.82, 2.24) is 5.16 Å². The lowest BCUT2D eigenvalue weighted by Crippen LogP contribution is -2.19. The summed E-state index contributed by atoms with van der Waals surface area (Å²) in [4.78, 5) is 0. The summed E-state index contributed by atoms with van der Waals surface area (Å²) in [6, 6.07) is 8.15. The number of aromatic nitrogens is 1. The molecule has 0 N–H and O–H groups in total. The summed E-state index contributed by atoms with van der Waals surface area (Å²) >= 11 is 0. The molecular weight excluding hydrogens is 354 g/mol. The second kappa shape index (κ2) is 9.57. The van der Waals surface area contributed by atoms with Crippen molar-refractivity contribution in [1.29, 1.82) is 0 Å². The van der Waals surface area contributed by atoms with Gasteiger partial charge in [0.25, 0.3) is 0 Å². The van der Waals surface area contributed by atoms with Crippen LogP contribution >= 0.6 is 0 Å². The molecule has 1 aromatic carbocycles. The summed E-state index contributed by atoms with van der Waals surface area (Å²) in [6.45, 7) is 3.19. The molecule has 1 unspecified atom stereocenters. The topological polar surface area (TPSA) is 53.7 Å². The van der Waals surface area contributed by atoms with Crippen molar-refractivity contribution in [2.45, 2.75) is 83.7 Å². The van der Waals surface area contributed by atoms with E-state index in [1.54, 1.807) is 0 Å². The number of nitrogens with zero attached hydrogens (tertiary/aromatic N) is 1. The minimum absolute atomic E-state index is 0.129. The van der Waals surface area contributed by atoms with Crippen LogP contribution in [0.4, 0.5) is 0 Å². The first-order chi connectivity index (χ1) is 13.8. The highest BCUT2D eigenvalue weighted by Gasteiger charge is 2.20. The molecule has 5 nitrogen and oxygen atoms in total. The zero-order valence-corrected chi connectivity index (χ0v) is 16.8. The highest BCUT2D eigenvalue weighted by molar-refractivity contribution is 5.62. The quantitative estimate of drug-likeness (QED) is 0.629. The first kappa shape index (κ1) is 19.5. The first-order valence-corrected chi connectivity index (χ1v) is 10.7. The number of benzene rings is 1. The monoisotopic (exact) mass is 385 g/mol. The lowest BCUT2D eigenvalue weighted by molar-refractivity contribution is -0.147. The summed E-state index contributed by atoms with van der Waals surface area (Å²) in [5.74, 6) is 1.70. The van der Waals surface area contributed by atoms with E-state index >= 15 is 0 Å². The van der Waals surface area contributed by atoms with E-state index in [0.29, 0.717) is 12.7 Å². The van der Waals surface area contributed by atoms with Crippen LogP contribution in [0.15, 0.2) is 28.8 Å². The average Bonchev–Trinajstić information content (AvgIpc) is 2.92. The molecule has 2 heterocycles. The van der Waals surface area contributed by atoms with Crippen molar-refractivity contribution in [2.75, 3.05) is 6.61 Å². The molecule has 2 aliphatic rings. The largest absolute Gasteiger partial charge is 0.490 e. The number of hydrogen-bond acceptors (Lipinski definition) is 5. The maximum atomic E-state index is 6.13. The molecule has 0 spiro atoms. The van der Waals surface area contributed by atoms with Gasteiger partial charge in [-0.05, 0) is 76.1 Å². The Morgan fingerprint density at radius 3 is 2.54 bits per heavy atom. The van der Waals surface area contributed by atoms with Gasteiger partial charge in [0, 0.05) is 17.7 Å². The van der Waals surface area contributed by atoms with Crippen molar-refractivity contribution in [3.8, 4) is 17.1 Å². The van der Waals surface area contributed by atoms with Gasteiger partial charge >= 0.3 is 0 Å². The van der Waals surface area contributed by atoms with E-state index in [1.807, 2.05) is 31.2 Å². The van der Waals surface area contributed by atoms with E-state index in [-0.39, 0.29) is 6.29 Å². The van der Waals surface area contributed by atoms with Crippen LogP contribution in [0, 0.1) is 6.92 Å². The number of aryl methyl sites for hydroxylation is 1. The summed E-state index contributed by atoms with van der Waals surface area (Å²) in [7, 11) is 0. The highest BCUT2D eigenvalue weighted by atomic mass is 16.7. The molecule has 0 amide bonds. The maximum Gasteiger partial charge on any atom is 0.172 e. The second-order valence-corrected chi connectivity index (χ2v) is 7.94. The van der Waals surface area contributed by atoms with E-state index in [2.05, 4.69) is 5.16 Å². The third kappa shape index (κ3) is 4.95. The molecule has 5 heteroatoms. The molecule has 1 aliphatic carbocycles. The molecule has 2 fully saturated rings. The Morgan fingerprint density at radius 1 is 0.964 bits per heavy atom. The van der Waals surface area contributed by atoms with Gasteiger partial charge in [0.05, 0.1) is 18.4 Å². The fraction of sp³-hybridized carbons (Fsp3) is 0.609. The minimum atomic E-state index is -0.129. The third-order valence-electron chi connectivity index (χ3n) is 5.76. The van der Waals surface area contributed by atoms with Gasteiger partial charge in [-0.2, -0.15) is 0 Å². The van der Waals surface area contributed by atoms with Gasteiger partial charge < -0.3 is 18.7 Å². The lowest BCUT2D eigenvalue weighted by atomic mass is 9.98. The predicted molar refractivity (Wildman–Crippen MR) is 107 cm³/mol. The zero-order valence-electron chi connectivity index (χ0n) is 16.8. The lowest BCUT2D eigenvalue weighted by Gasteiger charge is -2.23. The Labute approximate surface area is 167 Å². The van der Waals surface area contributed by atoms with Crippen LogP contribution in [0.1, 0.15) is 69.0 Å². The standard InChI is InChI=1S/C23H31NO4/c1-17-21(16-26-22-10-6-3-7-15-25-22)23(28-24-17)18-11-13-20(14-12-18)27-19-8-4-2-5-9-19/h11-14,19,22H,2-10,15-16H2,1H3. The SMILES string of the molecule is Cc1noc(-c2ccc(OC3CCCCC3)cc2)c1COC1CCCCCO1. The Morgan fingerprint density at radius 2 is 1.71 bits per heavy atom. The van der Waals surface area contributed by atoms with Crippen LogP contribution in [0.25, 0.3) is 11.3 Å². The first-order valence-electron chi connectivity index (χ1n) is 10.7. The average molecular weight is 386 g/mol. The number of ether oxygens (including phenoxy) is 3. The van der Waals surface area contributed by atoms with Crippen molar-refractivity contribution in [3.05, 3.63) is 35.5 Å². The molecule has 1 aliphatic heterocycles. The Bertz CT molecular complexity index is 726.